The van der Waals surface area contributed by atoms with Gasteiger partial charge in [-0.1, -0.05) is 11.3 Å². The summed E-state index contributed by atoms with van der Waals surface area (Å²) in [5, 5.41) is 18.1. The van der Waals surface area contributed by atoms with Crippen LogP contribution < -0.4 is 10.6 Å². The molecule has 1 unspecified atom stereocenters. The minimum Gasteiger partial charge on any atom is -0.374 e. The Balaban J connectivity index is 1.63. The molecular formula is C16H17N5O2S2. The molecule has 0 aliphatic rings. The number of aromatic nitrogens is 3. The van der Waals surface area contributed by atoms with E-state index in [2.05, 4.69) is 25.8 Å². The molecule has 2 N–H and O–H groups in total. The highest BCUT2D eigenvalue weighted by atomic mass is 32.1. The Morgan fingerprint density at radius 1 is 1.20 bits per heavy atom. The second-order valence-corrected chi connectivity index (χ2v) is 7.14. The van der Waals surface area contributed by atoms with Crippen LogP contribution >= 0.6 is 22.7 Å². The molecule has 0 spiro atoms. The molecule has 0 saturated heterocycles. The van der Waals surface area contributed by atoms with Crippen LogP contribution in [0.5, 0.6) is 0 Å². The average molecular weight is 375 g/mol. The van der Waals surface area contributed by atoms with Crippen LogP contribution in [0.4, 0.5) is 16.0 Å². The molecule has 3 rings (SSSR count). The van der Waals surface area contributed by atoms with Gasteiger partial charge in [0.05, 0.1) is 5.69 Å². The number of ether oxygens (including phenoxy) is 1. The van der Waals surface area contributed by atoms with E-state index in [-0.39, 0.29) is 12.0 Å². The highest BCUT2D eigenvalue weighted by Crippen LogP contribution is 2.26. The van der Waals surface area contributed by atoms with Gasteiger partial charge in [-0.05, 0) is 38.1 Å². The van der Waals surface area contributed by atoms with E-state index in [1.165, 1.54) is 22.7 Å². The summed E-state index contributed by atoms with van der Waals surface area (Å²) in [5.74, 6) is -0.187. The topological polar surface area (TPSA) is 89.0 Å². The van der Waals surface area contributed by atoms with Gasteiger partial charge in [0.25, 0.3) is 5.91 Å². The summed E-state index contributed by atoms with van der Waals surface area (Å²) in [6.45, 7) is 3.81. The van der Waals surface area contributed by atoms with Gasteiger partial charge in [0, 0.05) is 23.7 Å². The Labute approximate surface area is 153 Å². The molecule has 2 heterocycles. The second-order valence-electron chi connectivity index (χ2n) is 5.27. The molecule has 1 aromatic carbocycles. The van der Waals surface area contributed by atoms with Gasteiger partial charge in [0.2, 0.25) is 5.13 Å². The van der Waals surface area contributed by atoms with Crippen LogP contribution in [0.25, 0.3) is 0 Å². The maximum Gasteiger partial charge on any atom is 0.257 e. The Bertz CT molecular complexity index is 860. The number of carbonyl (C=O) groups excluding carboxylic acids is 1. The first-order valence-electron chi connectivity index (χ1n) is 7.52. The highest BCUT2D eigenvalue weighted by molar-refractivity contribution is 7.15. The van der Waals surface area contributed by atoms with Crippen molar-refractivity contribution in [3.8, 4) is 0 Å². The number of thiazole rings is 1. The monoisotopic (exact) mass is 375 g/mol. The van der Waals surface area contributed by atoms with Gasteiger partial charge in [-0.2, -0.15) is 0 Å². The lowest BCUT2D eigenvalue weighted by molar-refractivity contribution is 0.102. The van der Waals surface area contributed by atoms with Gasteiger partial charge in [-0.3, -0.25) is 10.1 Å². The first-order chi connectivity index (χ1) is 12.0. The van der Waals surface area contributed by atoms with Crippen molar-refractivity contribution in [3.63, 3.8) is 0 Å². The molecule has 1 atom stereocenters. The first-order valence-corrected chi connectivity index (χ1v) is 9.21. The Kier molecular flexibility index (Phi) is 5.37. The predicted molar refractivity (Wildman–Crippen MR) is 99.9 cm³/mol. The lowest BCUT2D eigenvalue weighted by Gasteiger charge is -2.05. The maximum atomic E-state index is 12.2. The first kappa shape index (κ1) is 17.5. The quantitative estimate of drug-likeness (QED) is 0.677. The van der Waals surface area contributed by atoms with Gasteiger partial charge in [0.15, 0.2) is 5.13 Å². The minimum atomic E-state index is -0.187. The summed E-state index contributed by atoms with van der Waals surface area (Å²) in [6, 6.07) is 7.14. The van der Waals surface area contributed by atoms with Crippen molar-refractivity contribution in [2.75, 3.05) is 17.7 Å². The van der Waals surface area contributed by atoms with Crippen LogP contribution in [0.15, 0.2) is 29.6 Å². The smallest absolute Gasteiger partial charge is 0.257 e. The highest BCUT2D eigenvalue weighted by Gasteiger charge is 2.12. The third-order valence-corrected chi connectivity index (χ3v) is 5.26. The second kappa shape index (κ2) is 7.68. The lowest BCUT2D eigenvalue weighted by atomic mass is 10.2. The zero-order chi connectivity index (χ0) is 17.8. The number of methoxy groups -OCH3 is 1. The Hall–Kier alpha value is -2.36. The van der Waals surface area contributed by atoms with Crippen molar-refractivity contribution < 1.29 is 9.53 Å². The summed E-state index contributed by atoms with van der Waals surface area (Å²) in [4.78, 5) is 16.4. The fraction of sp³-hybridized carbons (Fsp3) is 0.250. The molecule has 1 amide bonds. The van der Waals surface area contributed by atoms with E-state index in [0.717, 1.165) is 16.4 Å². The van der Waals surface area contributed by atoms with Crippen molar-refractivity contribution in [1.29, 1.82) is 0 Å². The maximum absolute atomic E-state index is 12.2. The van der Waals surface area contributed by atoms with Crippen LogP contribution in [0.1, 0.15) is 34.1 Å². The van der Waals surface area contributed by atoms with Crippen molar-refractivity contribution >= 4 is 44.5 Å². The van der Waals surface area contributed by atoms with Gasteiger partial charge in [-0.15, -0.1) is 21.5 Å². The van der Waals surface area contributed by atoms with Crippen molar-refractivity contribution in [3.05, 3.63) is 45.9 Å². The third-order valence-electron chi connectivity index (χ3n) is 3.38. The number of rotatable bonds is 6. The molecular weight excluding hydrogens is 358 g/mol. The zero-order valence-electron chi connectivity index (χ0n) is 13.9. The molecule has 25 heavy (non-hydrogen) atoms. The van der Waals surface area contributed by atoms with Crippen molar-refractivity contribution in [1.82, 2.24) is 15.2 Å². The summed E-state index contributed by atoms with van der Waals surface area (Å²) < 4.78 is 5.22. The molecule has 0 aliphatic carbocycles. The number of amides is 1. The Morgan fingerprint density at radius 3 is 2.60 bits per heavy atom. The largest absolute Gasteiger partial charge is 0.374 e. The van der Waals surface area contributed by atoms with Gasteiger partial charge < -0.3 is 10.1 Å². The van der Waals surface area contributed by atoms with Gasteiger partial charge in [0.1, 0.15) is 11.1 Å². The molecule has 9 heteroatoms. The minimum absolute atomic E-state index is 0.0892. The summed E-state index contributed by atoms with van der Waals surface area (Å²) in [6.07, 6.45) is -0.0892. The number of hydrogen-bond donors (Lipinski definition) is 2. The fourth-order valence-electron chi connectivity index (χ4n) is 1.96. The predicted octanol–water partition coefficient (Wildman–Crippen LogP) is 4.01. The number of anilines is 3. The average Bonchev–Trinajstić information content (AvgIpc) is 3.24. The molecule has 0 fully saturated rings. The van der Waals surface area contributed by atoms with Gasteiger partial charge >= 0.3 is 0 Å². The van der Waals surface area contributed by atoms with Crippen LogP contribution in [0, 0.1) is 6.92 Å². The van der Waals surface area contributed by atoms with E-state index >= 15 is 0 Å². The van der Waals surface area contributed by atoms with E-state index in [9.17, 15) is 4.79 Å². The summed E-state index contributed by atoms with van der Waals surface area (Å²) >= 11 is 2.83. The SMILES string of the molecule is COC(C)c1nnc(Nc2ccc(C(=O)Nc3nc(C)cs3)cc2)s1. The number of nitrogens with zero attached hydrogens (tertiary/aromatic N) is 3. The van der Waals surface area contributed by atoms with E-state index in [4.69, 9.17) is 4.74 Å². The van der Waals surface area contributed by atoms with Crippen LogP contribution in [0.3, 0.4) is 0 Å². The number of carbonyl (C=O) groups is 1. The van der Waals surface area contributed by atoms with Gasteiger partial charge in [-0.25, -0.2) is 4.98 Å². The van der Waals surface area contributed by atoms with Crippen molar-refractivity contribution in [2.45, 2.75) is 20.0 Å². The fourth-order valence-corrected chi connectivity index (χ4v) is 3.43. The van der Waals surface area contributed by atoms with E-state index in [1.54, 1.807) is 19.2 Å². The summed E-state index contributed by atoms with van der Waals surface area (Å²) in [7, 11) is 1.63. The normalized spacial score (nSPS) is 12.0. The standard InChI is InChI=1S/C16H17N5O2S2/c1-9-8-24-15(17-9)19-13(22)11-4-6-12(7-5-11)18-16-21-20-14(25-16)10(2)23-3/h4-8,10H,1-3H3,(H,18,21)(H,17,19,22). The van der Waals surface area contributed by atoms with Crippen LogP contribution in [-0.2, 0) is 4.74 Å². The third kappa shape index (κ3) is 4.38. The Morgan fingerprint density at radius 2 is 1.96 bits per heavy atom. The van der Waals surface area contributed by atoms with Crippen LogP contribution in [0.2, 0.25) is 0 Å². The molecule has 2 aromatic heterocycles. The van der Waals surface area contributed by atoms with Crippen LogP contribution in [-0.4, -0.2) is 28.2 Å². The number of aryl methyl sites for hydroxylation is 1. The van der Waals surface area contributed by atoms with E-state index in [1.807, 2.05) is 31.4 Å². The molecule has 0 aliphatic heterocycles. The summed E-state index contributed by atoms with van der Waals surface area (Å²) in [5.41, 5.74) is 2.28. The molecule has 7 nitrogen and oxygen atoms in total. The molecule has 0 bridgehead atoms. The number of hydrogen-bond acceptors (Lipinski definition) is 8. The van der Waals surface area contributed by atoms with E-state index in [0.29, 0.717) is 15.8 Å². The lowest BCUT2D eigenvalue weighted by Crippen LogP contribution is -2.11. The molecule has 0 saturated carbocycles. The molecule has 130 valence electrons. The molecule has 0 radical (unpaired) electrons. The van der Waals surface area contributed by atoms with E-state index < -0.39 is 0 Å². The van der Waals surface area contributed by atoms with Crippen molar-refractivity contribution in [2.24, 2.45) is 0 Å². The number of nitrogens with one attached hydrogen (secondary N) is 2. The molecule has 3 aromatic rings. The number of benzene rings is 1. The zero-order valence-corrected chi connectivity index (χ0v) is 15.6.